The van der Waals surface area contributed by atoms with Crippen LogP contribution in [-0.4, -0.2) is 48.0 Å². The number of unbranched alkanes of at least 4 members (excludes halogenated alkanes) is 1. The summed E-state index contributed by atoms with van der Waals surface area (Å²) in [7, 11) is 1.81. The molecule has 7 nitrogen and oxygen atoms in total. The van der Waals surface area contributed by atoms with Crippen LogP contribution >= 0.6 is 0 Å². The molecule has 2 aromatic rings. The van der Waals surface area contributed by atoms with Crippen LogP contribution in [0.3, 0.4) is 0 Å². The van der Waals surface area contributed by atoms with E-state index in [9.17, 15) is 4.79 Å². The quantitative estimate of drug-likeness (QED) is 0.447. The van der Waals surface area contributed by atoms with E-state index < -0.39 is 0 Å². The Balaban J connectivity index is 1.75. The Hall–Kier alpha value is -2.67. The summed E-state index contributed by atoms with van der Waals surface area (Å²) in [5.41, 5.74) is 3.11. The average molecular weight is 397 g/mol. The van der Waals surface area contributed by atoms with Crippen molar-refractivity contribution in [2.24, 2.45) is 0 Å². The third-order valence-corrected chi connectivity index (χ3v) is 5.20. The molecular weight excluding hydrogens is 364 g/mol. The van der Waals surface area contributed by atoms with Gasteiger partial charge in [0.05, 0.1) is 18.4 Å². The van der Waals surface area contributed by atoms with Crippen molar-refractivity contribution in [1.29, 1.82) is 0 Å². The number of nitrogens with one attached hydrogen (secondary N) is 2. The Morgan fingerprint density at radius 1 is 1.24 bits per heavy atom. The zero-order chi connectivity index (χ0) is 20.5. The number of anilines is 3. The predicted octanol–water partition coefficient (Wildman–Crippen LogP) is 3.49. The topological polar surface area (TPSA) is 73.4 Å². The van der Waals surface area contributed by atoms with Gasteiger partial charge in [0.15, 0.2) is 5.82 Å². The van der Waals surface area contributed by atoms with Gasteiger partial charge in [-0.25, -0.2) is 4.98 Å². The lowest BCUT2D eigenvalue weighted by Gasteiger charge is -2.21. The van der Waals surface area contributed by atoms with Crippen LogP contribution in [0.4, 0.5) is 17.5 Å². The van der Waals surface area contributed by atoms with Crippen molar-refractivity contribution >= 4 is 23.9 Å². The van der Waals surface area contributed by atoms with E-state index in [0.717, 1.165) is 43.6 Å². The first-order chi connectivity index (χ1) is 14.2. The molecule has 1 amide bonds. The molecule has 29 heavy (non-hydrogen) atoms. The molecule has 7 heteroatoms. The fourth-order valence-corrected chi connectivity index (χ4v) is 3.61. The van der Waals surface area contributed by atoms with E-state index in [4.69, 9.17) is 0 Å². The van der Waals surface area contributed by atoms with Crippen LogP contribution in [0, 0.1) is 0 Å². The maximum atomic E-state index is 11.9. The number of amides is 1. The zero-order valence-electron chi connectivity index (χ0n) is 17.5. The summed E-state index contributed by atoms with van der Waals surface area (Å²) in [4.78, 5) is 25.0. The molecule has 0 spiro atoms. The normalized spacial score (nSPS) is 14.0. The summed E-state index contributed by atoms with van der Waals surface area (Å²) in [6.45, 7) is 6.74. The van der Waals surface area contributed by atoms with Crippen molar-refractivity contribution in [3.05, 3.63) is 41.6 Å². The molecule has 1 fully saturated rings. The molecule has 0 bridgehead atoms. The van der Waals surface area contributed by atoms with Crippen LogP contribution in [-0.2, 0) is 17.9 Å². The Kier molecular flexibility index (Phi) is 7.81. The average Bonchev–Trinajstić information content (AvgIpc) is 3.25. The third kappa shape index (κ3) is 5.90. The Labute approximate surface area is 173 Å². The minimum Gasteiger partial charge on any atom is -0.384 e. The standard InChI is InChI=1S/C22H32N6O/c1-3-4-10-24-22-25-14-20(23-2)21(26-22)28(17-29)16-19-9-7-8-18(13-19)15-27-11-5-6-12-27/h7-9,13-14,17,23H,3-6,10-12,15-16H2,1-2H3,(H,24,25,26). The largest absolute Gasteiger partial charge is 0.384 e. The van der Waals surface area contributed by atoms with Crippen LogP contribution in [0.15, 0.2) is 30.5 Å². The van der Waals surface area contributed by atoms with Gasteiger partial charge in [-0.15, -0.1) is 0 Å². The number of hydrogen-bond donors (Lipinski definition) is 2. The number of aromatic nitrogens is 2. The van der Waals surface area contributed by atoms with Crippen LogP contribution < -0.4 is 15.5 Å². The van der Waals surface area contributed by atoms with Gasteiger partial charge in [-0.3, -0.25) is 14.6 Å². The highest BCUT2D eigenvalue weighted by Crippen LogP contribution is 2.25. The van der Waals surface area contributed by atoms with Gasteiger partial charge >= 0.3 is 0 Å². The van der Waals surface area contributed by atoms with Crippen molar-refractivity contribution in [1.82, 2.24) is 14.9 Å². The molecule has 0 radical (unpaired) electrons. The first kappa shape index (κ1) is 21.0. The SMILES string of the molecule is CCCCNc1ncc(NC)c(N(C=O)Cc2cccc(CN3CCCC3)c2)n1. The molecule has 0 unspecified atom stereocenters. The maximum Gasteiger partial charge on any atom is 0.224 e. The van der Waals surface area contributed by atoms with Crippen LogP contribution in [0.5, 0.6) is 0 Å². The van der Waals surface area contributed by atoms with E-state index in [2.05, 4.69) is 56.7 Å². The number of likely N-dealkylation sites (tertiary alicyclic amines) is 1. The summed E-state index contributed by atoms with van der Waals surface area (Å²) in [5.74, 6) is 1.13. The number of benzene rings is 1. The van der Waals surface area contributed by atoms with Gasteiger partial charge in [-0.1, -0.05) is 37.6 Å². The first-order valence-corrected chi connectivity index (χ1v) is 10.5. The molecule has 2 heterocycles. The lowest BCUT2D eigenvalue weighted by atomic mass is 10.1. The van der Waals surface area contributed by atoms with E-state index in [0.29, 0.717) is 18.3 Å². The molecule has 1 aromatic carbocycles. The van der Waals surface area contributed by atoms with Crippen LogP contribution in [0.25, 0.3) is 0 Å². The van der Waals surface area contributed by atoms with Crippen molar-refractivity contribution in [2.75, 3.05) is 42.2 Å². The number of carbonyl (C=O) groups excluding carboxylic acids is 1. The van der Waals surface area contributed by atoms with Gasteiger partial charge in [0.25, 0.3) is 0 Å². The second-order valence-electron chi connectivity index (χ2n) is 7.50. The second kappa shape index (κ2) is 10.8. The van der Waals surface area contributed by atoms with Gasteiger partial charge in [-0.2, -0.15) is 4.98 Å². The van der Waals surface area contributed by atoms with Crippen molar-refractivity contribution in [2.45, 2.75) is 45.7 Å². The monoisotopic (exact) mass is 396 g/mol. The van der Waals surface area contributed by atoms with E-state index in [1.807, 2.05) is 7.05 Å². The van der Waals surface area contributed by atoms with Gasteiger partial charge in [0.2, 0.25) is 12.4 Å². The van der Waals surface area contributed by atoms with E-state index in [1.165, 1.54) is 31.5 Å². The molecule has 3 rings (SSSR count). The molecule has 2 N–H and O–H groups in total. The Morgan fingerprint density at radius 2 is 2.03 bits per heavy atom. The first-order valence-electron chi connectivity index (χ1n) is 10.5. The molecule has 1 aliphatic heterocycles. The molecule has 1 aromatic heterocycles. The fraction of sp³-hybridized carbons (Fsp3) is 0.500. The fourth-order valence-electron chi connectivity index (χ4n) is 3.61. The zero-order valence-corrected chi connectivity index (χ0v) is 17.5. The number of carbonyl (C=O) groups is 1. The highest BCUT2D eigenvalue weighted by Gasteiger charge is 2.16. The Morgan fingerprint density at radius 3 is 2.76 bits per heavy atom. The lowest BCUT2D eigenvalue weighted by Crippen LogP contribution is -2.24. The molecule has 1 aliphatic rings. The highest BCUT2D eigenvalue weighted by molar-refractivity contribution is 5.81. The van der Waals surface area contributed by atoms with Crippen LogP contribution in [0.1, 0.15) is 43.7 Å². The van der Waals surface area contributed by atoms with Crippen molar-refractivity contribution in [3.63, 3.8) is 0 Å². The van der Waals surface area contributed by atoms with Gasteiger partial charge in [0, 0.05) is 20.1 Å². The summed E-state index contributed by atoms with van der Waals surface area (Å²) in [6, 6.07) is 8.48. The summed E-state index contributed by atoms with van der Waals surface area (Å²) >= 11 is 0. The summed E-state index contributed by atoms with van der Waals surface area (Å²) < 4.78 is 0. The van der Waals surface area contributed by atoms with E-state index >= 15 is 0 Å². The molecule has 0 atom stereocenters. The van der Waals surface area contributed by atoms with Gasteiger partial charge in [0.1, 0.15) is 0 Å². The third-order valence-electron chi connectivity index (χ3n) is 5.20. The molecule has 156 valence electrons. The minimum absolute atomic E-state index is 0.470. The highest BCUT2D eigenvalue weighted by atomic mass is 16.1. The van der Waals surface area contributed by atoms with Crippen LogP contribution in [0.2, 0.25) is 0 Å². The number of hydrogen-bond acceptors (Lipinski definition) is 6. The molecule has 0 saturated carbocycles. The predicted molar refractivity (Wildman–Crippen MR) is 118 cm³/mol. The maximum absolute atomic E-state index is 11.9. The van der Waals surface area contributed by atoms with Crippen molar-refractivity contribution < 1.29 is 4.79 Å². The Bertz CT molecular complexity index is 791. The summed E-state index contributed by atoms with van der Waals surface area (Å²) in [5, 5.41) is 6.32. The number of rotatable bonds is 11. The van der Waals surface area contributed by atoms with E-state index in [-0.39, 0.29) is 0 Å². The molecule has 0 aliphatic carbocycles. The summed E-state index contributed by atoms with van der Waals surface area (Å²) in [6.07, 6.45) is 7.28. The molecule has 1 saturated heterocycles. The smallest absolute Gasteiger partial charge is 0.224 e. The van der Waals surface area contributed by atoms with Crippen molar-refractivity contribution in [3.8, 4) is 0 Å². The van der Waals surface area contributed by atoms with Gasteiger partial charge < -0.3 is 10.6 Å². The van der Waals surface area contributed by atoms with E-state index in [1.54, 1.807) is 11.1 Å². The number of nitrogens with zero attached hydrogens (tertiary/aromatic N) is 4. The second-order valence-corrected chi connectivity index (χ2v) is 7.50. The minimum atomic E-state index is 0.470. The lowest BCUT2D eigenvalue weighted by molar-refractivity contribution is -0.107. The van der Waals surface area contributed by atoms with Gasteiger partial charge in [-0.05, 0) is 43.5 Å². The molecular formula is C22H32N6O.